The number of carbonyl (C=O) groups excluding carboxylic acids is 2. The summed E-state index contributed by atoms with van der Waals surface area (Å²) in [5.41, 5.74) is 2.16. The van der Waals surface area contributed by atoms with E-state index in [1.54, 1.807) is 23.6 Å². The molecule has 0 aliphatic carbocycles. The van der Waals surface area contributed by atoms with Gasteiger partial charge in [-0.3, -0.25) is 9.59 Å². The molecule has 0 saturated carbocycles. The van der Waals surface area contributed by atoms with Crippen molar-refractivity contribution in [2.75, 3.05) is 12.3 Å². The summed E-state index contributed by atoms with van der Waals surface area (Å²) in [4.78, 5) is 27.4. The van der Waals surface area contributed by atoms with E-state index in [9.17, 15) is 9.59 Å². The minimum atomic E-state index is -0.534. The molecule has 0 saturated heterocycles. The summed E-state index contributed by atoms with van der Waals surface area (Å²) in [5.74, 6) is 1.28. The standard InChI is InChI=1S/C23H28Br2N2O2S/c1-16(2)12-26-23(29)17(3)27(13-18-4-8-20(24)9-5-18)22(28)15-30-14-19-6-10-21(25)11-7-19/h4-11,16-17H,12-15H2,1-3H3,(H,26,29)/t17-/m1/s1. The van der Waals surface area contributed by atoms with E-state index in [1.165, 1.54) is 0 Å². The summed E-state index contributed by atoms with van der Waals surface area (Å²) >= 11 is 8.43. The number of hydrogen-bond donors (Lipinski definition) is 1. The summed E-state index contributed by atoms with van der Waals surface area (Å²) in [5, 5.41) is 2.95. The van der Waals surface area contributed by atoms with Gasteiger partial charge in [0.25, 0.3) is 0 Å². The lowest BCUT2D eigenvalue weighted by molar-refractivity contribution is -0.138. The van der Waals surface area contributed by atoms with Gasteiger partial charge in [0.05, 0.1) is 5.75 Å². The Balaban J connectivity index is 2.04. The molecular weight excluding hydrogens is 528 g/mol. The SMILES string of the molecule is CC(C)CNC(=O)[C@@H](C)N(Cc1ccc(Br)cc1)C(=O)CSCc1ccc(Br)cc1. The molecule has 30 heavy (non-hydrogen) atoms. The predicted octanol–water partition coefficient (Wildman–Crippen LogP) is 5.63. The molecule has 0 aromatic heterocycles. The number of halogens is 2. The van der Waals surface area contributed by atoms with Crippen LogP contribution in [-0.4, -0.2) is 35.1 Å². The van der Waals surface area contributed by atoms with Crippen LogP contribution >= 0.6 is 43.6 Å². The molecule has 0 spiro atoms. The molecule has 7 heteroatoms. The van der Waals surface area contributed by atoms with Crippen molar-refractivity contribution in [1.82, 2.24) is 10.2 Å². The number of nitrogens with zero attached hydrogens (tertiary/aromatic N) is 1. The van der Waals surface area contributed by atoms with Crippen LogP contribution in [0.5, 0.6) is 0 Å². The second-order valence-electron chi connectivity index (χ2n) is 7.58. The predicted molar refractivity (Wildman–Crippen MR) is 132 cm³/mol. The van der Waals surface area contributed by atoms with Crippen LogP contribution in [0.3, 0.4) is 0 Å². The van der Waals surface area contributed by atoms with E-state index < -0.39 is 6.04 Å². The lowest BCUT2D eigenvalue weighted by Gasteiger charge is -2.29. The minimum Gasteiger partial charge on any atom is -0.354 e. The highest BCUT2D eigenvalue weighted by Crippen LogP contribution is 2.19. The number of thioether (sulfide) groups is 1. The normalized spacial score (nSPS) is 11.9. The molecule has 0 radical (unpaired) electrons. The van der Waals surface area contributed by atoms with Crippen LogP contribution in [0.1, 0.15) is 31.9 Å². The molecule has 162 valence electrons. The molecule has 2 amide bonds. The first-order valence-corrected chi connectivity index (χ1v) is 12.6. The average Bonchev–Trinajstić information content (AvgIpc) is 2.72. The Morgan fingerprint density at radius 1 is 0.933 bits per heavy atom. The van der Waals surface area contributed by atoms with Crippen LogP contribution in [-0.2, 0) is 21.9 Å². The topological polar surface area (TPSA) is 49.4 Å². The second-order valence-corrected chi connectivity index (χ2v) is 10.4. The molecule has 0 fully saturated rings. The van der Waals surface area contributed by atoms with E-state index in [1.807, 2.05) is 48.5 Å². The molecule has 0 bridgehead atoms. The molecule has 2 rings (SSSR count). The number of benzene rings is 2. The van der Waals surface area contributed by atoms with Gasteiger partial charge in [0.1, 0.15) is 6.04 Å². The lowest BCUT2D eigenvalue weighted by atomic mass is 10.1. The van der Waals surface area contributed by atoms with Crippen molar-refractivity contribution in [3.8, 4) is 0 Å². The zero-order valence-electron chi connectivity index (χ0n) is 17.5. The van der Waals surface area contributed by atoms with E-state index in [4.69, 9.17) is 0 Å². The second kappa shape index (κ2) is 12.5. The first-order valence-electron chi connectivity index (χ1n) is 9.90. The van der Waals surface area contributed by atoms with Crippen molar-refractivity contribution in [3.05, 3.63) is 68.6 Å². The van der Waals surface area contributed by atoms with Gasteiger partial charge < -0.3 is 10.2 Å². The van der Waals surface area contributed by atoms with Crippen LogP contribution in [0.2, 0.25) is 0 Å². The number of carbonyl (C=O) groups is 2. The summed E-state index contributed by atoms with van der Waals surface area (Å²) in [6, 6.07) is 15.4. The molecule has 0 aliphatic rings. The van der Waals surface area contributed by atoms with Gasteiger partial charge in [-0.2, -0.15) is 0 Å². The minimum absolute atomic E-state index is 0.0350. The highest BCUT2D eigenvalue weighted by molar-refractivity contribution is 9.10. The van der Waals surface area contributed by atoms with Crippen LogP contribution < -0.4 is 5.32 Å². The van der Waals surface area contributed by atoms with Crippen LogP contribution in [0.15, 0.2) is 57.5 Å². The first-order chi connectivity index (χ1) is 14.3. The molecular formula is C23H28Br2N2O2S. The maximum absolute atomic E-state index is 13.1. The number of nitrogens with one attached hydrogen (secondary N) is 1. The summed E-state index contributed by atoms with van der Waals surface area (Å²) < 4.78 is 2.02. The van der Waals surface area contributed by atoms with Crippen LogP contribution in [0.25, 0.3) is 0 Å². The third-order valence-corrected chi connectivity index (χ3v) is 6.57. The smallest absolute Gasteiger partial charge is 0.242 e. The first kappa shape index (κ1) is 25.0. The van der Waals surface area contributed by atoms with Crippen molar-refractivity contribution in [1.29, 1.82) is 0 Å². The monoisotopic (exact) mass is 554 g/mol. The van der Waals surface area contributed by atoms with E-state index in [0.717, 1.165) is 25.8 Å². The van der Waals surface area contributed by atoms with Crippen LogP contribution in [0.4, 0.5) is 0 Å². The van der Waals surface area contributed by atoms with Gasteiger partial charge in [0.15, 0.2) is 0 Å². The highest BCUT2D eigenvalue weighted by atomic mass is 79.9. The fourth-order valence-corrected chi connectivity index (χ4v) is 4.14. The number of hydrogen-bond acceptors (Lipinski definition) is 3. The Morgan fingerprint density at radius 3 is 2.00 bits per heavy atom. The van der Waals surface area contributed by atoms with E-state index in [2.05, 4.69) is 51.0 Å². The van der Waals surface area contributed by atoms with Gasteiger partial charge in [-0.25, -0.2) is 0 Å². The molecule has 1 N–H and O–H groups in total. The maximum Gasteiger partial charge on any atom is 0.242 e. The highest BCUT2D eigenvalue weighted by Gasteiger charge is 2.26. The quantitative estimate of drug-likeness (QED) is 0.413. The zero-order valence-corrected chi connectivity index (χ0v) is 21.5. The summed E-state index contributed by atoms with van der Waals surface area (Å²) in [7, 11) is 0. The number of amides is 2. The van der Waals surface area contributed by atoms with Crippen molar-refractivity contribution < 1.29 is 9.59 Å². The zero-order chi connectivity index (χ0) is 22.1. The Kier molecular flexibility index (Phi) is 10.4. The van der Waals surface area contributed by atoms with Crippen molar-refractivity contribution in [2.24, 2.45) is 5.92 Å². The summed E-state index contributed by atoms with van der Waals surface area (Å²) in [6.45, 7) is 6.90. The third-order valence-electron chi connectivity index (χ3n) is 4.53. The average molecular weight is 556 g/mol. The van der Waals surface area contributed by atoms with E-state index in [0.29, 0.717) is 24.8 Å². The van der Waals surface area contributed by atoms with E-state index in [-0.39, 0.29) is 11.8 Å². The molecule has 4 nitrogen and oxygen atoms in total. The van der Waals surface area contributed by atoms with Crippen molar-refractivity contribution in [2.45, 2.75) is 39.1 Å². The van der Waals surface area contributed by atoms with Gasteiger partial charge in [-0.05, 0) is 48.2 Å². The Hall–Kier alpha value is -1.31. The van der Waals surface area contributed by atoms with Crippen LogP contribution in [0, 0.1) is 5.92 Å². The van der Waals surface area contributed by atoms with Gasteiger partial charge in [0.2, 0.25) is 11.8 Å². The largest absolute Gasteiger partial charge is 0.354 e. The molecule has 0 heterocycles. The van der Waals surface area contributed by atoms with Gasteiger partial charge in [0, 0.05) is 27.8 Å². The molecule has 0 unspecified atom stereocenters. The molecule has 1 atom stereocenters. The van der Waals surface area contributed by atoms with Crippen molar-refractivity contribution >= 4 is 55.4 Å². The molecule has 2 aromatic rings. The Morgan fingerprint density at radius 2 is 1.47 bits per heavy atom. The maximum atomic E-state index is 13.1. The Bertz CT molecular complexity index is 826. The third kappa shape index (κ3) is 8.44. The van der Waals surface area contributed by atoms with Gasteiger partial charge in [-0.15, -0.1) is 11.8 Å². The molecule has 2 aromatic carbocycles. The van der Waals surface area contributed by atoms with Crippen molar-refractivity contribution in [3.63, 3.8) is 0 Å². The fourth-order valence-electron chi connectivity index (χ4n) is 2.74. The Labute approximate surface area is 200 Å². The summed E-state index contributed by atoms with van der Waals surface area (Å²) in [6.07, 6.45) is 0. The molecule has 0 aliphatic heterocycles. The lowest BCUT2D eigenvalue weighted by Crippen LogP contribution is -2.48. The van der Waals surface area contributed by atoms with Gasteiger partial charge >= 0.3 is 0 Å². The number of rotatable bonds is 10. The van der Waals surface area contributed by atoms with E-state index >= 15 is 0 Å². The fraction of sp³-hybridized carbons (Fsp3) is 0.391. The van der Waals surface area contributed by atoms with Gasteiger partial charge in [-0.1, -0.05) is 70.0 Å².